The summed E-state index contributed by atoms with van der Waals surface area (Å²) in [5.74, 6) is -0.175. The van der Waals surface area contributed by atoms with Crippen molar-refractivity contribution in [3.05, 3.63) is 60.3 Å². The molecule has 0 radical (unpaired) electrons. The number of amides is 2. The molecule has 2 heterocycles. The monoisotopic (exact) mass is 484 g/mol. The fourth-order valence-electron chi connectivity index (χ4n) is 3.71. The lowest BCUT2D eigenvalue weighted by Crippen LogP contribution is -2.51. The molecule has 34 heavy (non-hydrogen) atoms. The maximum Gasteiger partial charge on any atom is 0.410 e. The largest absolute Gasteiger partial charge is 0.444 e. The van der Waals surface area contributed by atoms with Gasteiger partial charge < -0.3 is 19.5 Å². The van der Waals surface area contributed by atoms with E-state index in [0.717, 1.165) is 5.39 Å². The van der Waals surface area contributed by atoms with Crippen molar-refractivity contribution in [1.29, 1.82) is 0 Å². The summed E-state index contributed by atoms with van der Waals surface area (Å²) in [5.41, 5.74) is 0.874. The SMILES string of the molecule is CC(C)(C)OC(=O)N1CCN(C(=O)c2cc3ccc(NS(=O)(=O)c4ccccc4)cc3[nH]2)CC1. The fourth-order valence-corrected chi connectivity index (χ4v) is 4.78. The minimum Gasteiger partial charge on any atom is -0.444 e. The molecule has 0 atom stereocenters. The Balaban J connectivity index is 1.43. The number of carbonyl (C=O) groups is 2. The highest BCUT2D eigenvalue weighted by Gasteiger charge is 2.28. The van der Waals surface area contributed by atoms with E-state index in [-0.39, 0.29) is 16.9 Å². The van der Waals surface area contributed by atoms with Crippen molar-refractivity contribution in [2.24, 2.45) is 0 Å². The molecule has 180 valence electrons. The number of fused-ring (bicyclic) bond motifs is 1. The summed E-state index contributed by atoms with van der Waals surface area (Å²) >= 11 is 0. The third kappa shape index (κ3) is 5.33. The van der Waals surface area contributed by atoms with E-state index in [4.69, 9.17) is 4.74 Å². The number of piperazine rings is 1. The summed E-state index contributed by atoms with van der Waals surface area (Å²) in [6.07, 6.45) is -0.379. The van der Waals surface area contributed by atoms with Crippen molar-refractivity contribution in [3.8, 4) is 0 Å². The van der Waals surface area contributed by atoms with Crippen molar-refractivity contribution in [2.45, 2.75) is 31.3 Å². The van der Waals surface area contributed by atoms with Crippen LogP contribution in [0.4, 0.5) is 10.5 Å². The quantitative estimate of drug-likeness (QED) is 0.587. The fraction of sp³-hybridized carbons (Fsp3) is 0.333. The Bertz CT molecular complexity index is 1300. The van der Waals surface area contributed by atoms with E-state index >= 15 is 0 Å². The number of carbonyl (C=O) groups excluding carboxylic acids is 2. The molecule has 0 bridgehead atoms. The molecule has 2 amide bonds. The van der Waals surface area contributed by atoms with E-state index in [1.165, 1.54) is 12.1 Å². The molecule has 1 saturated heterocycles. The molecular weight excluding hydrogens is 456 g/mol. The molecule has 0 saturated carbocycles. The molecule has 0 unspecified atom stereocenters. The smallest absolute Gasteiger partial charge is 0.410 e. The van der Waals surface area contributed by atoms with E-state index in [2.05, 4.69) is 9.71 Å². The van der Waals surface area contributed by atoms with Crippen molar-refractivity contribution in [2.75, 3.05) is 30.9 Å². The molecule has 9 nitrogen and oxygen atoms in total. The average Bonchev–Trinajstić information content (AvgIpc) is 3.21. The zero-order valence-corrected chi connectivity index (χ0v) is 20.2. The highest BCUT2D eigenvalue weighted by molar-refractivity contribution is 7.92. The third-order valence-corrected chi connectivity index (χ3v) is 6.77. The van der Waals surface area contributed by atoms with Gasteiger partial charge in [-0.3, -0.25) is 9.52 Å². The maximum absolute atomic E-state index is 13.0. The Morgan fingerprint density at radius 2 is 1.59 bits per heavy atom. The maximum atomic E-state index is 13.0. The van der Waals surface area contributed by atoms with E-state index < -0.39 is 15.6 Å². The Morgan fingerprint density at radius 1 is 0.941 bits per heavy atom. The van der Waals surface area contributed by atoms with Gasteiger partial charge in [0, 0.05) is 37.1 Å². The summed E-state index contributed by atoms with van der Waals surface area (Å²) in [6, 6.07) is 14.9. The van der Waals surface area contributed by atoms with Crippen molar-refractivity contribution < 1.29 is 22.7 Å². The molecular formula is C24H28N4O5S. The molecule has 1 aliphatic heterocycles. The van der Waals surface area contributed by atoms with Crippen LogP contribution in [0.3, 0.4) is 0 Å². The molecule has 1 aromatic heterocycles. The van der Waals surface area contributed by atoms with Crippen LogP contribution in [-0.4, -0.2) is 67.0 Å². The summed E-state index contributed by atoms with van der Waals surface area (Å²) in [5, 5.41) is 0.790. The van der Waals surface area contributed by atoms with Gasteiger partial charge in [-0.05, 0) is 51.1 Å². The van der Waals surface area contributed by atoms with Gasteiger partial charge in [0.2, 0.25) is 0 Å². The molecule has 0 spiro atoms. The Hall–Kier alpha value is -3.53. The minimum absolute atomic E-state index is 0.169. The summed E-state index contributed by atoms with van der Waals surface area (Å²) in [6.45, 7) is 7.04. The Kier molecular flexibility index (Phi) is 6.26. The van der Waals surface area contributed by atoms with Crippen LogP contribution in [0, 0.1) is 0 Å². The van der Waals surface area contributed by atoms with Gasteiger partial charge in [0.15, 0.2) is 0 Å². The number of nitrogens with zero attached hydrogens (tertiary/aromatic N) is 2. The average molecular weight is 485 g/mol. The molecule has 1 aliphatic rings. The van der Waals surface area contributed by atoms with Gasteiger partial charge in [0.25, 0.3) is 15.9 Å². The van der Waals surface area contributed by atoms with E-state index in [1.807, 2.05) is 20.8 Å². The second-order valence-electron chi connectivity index (χ2n) is 9.16. The number of benzene rings is 2. The number of ether oxygens (including phenoxy) is 1. The van der Waals surface area contributed by atoms with Gasteiger partial charge in [-0.2, -0.15) is 0 Å². The van der Waals surface area contributed by atoms with Crippen LogP contribution < -0.4 is 4.72 Å². The number of hydrogen-bond donors (Lipinski definition) is 2. The number of H-pyrrole nitrogens is 1. The van der Waals surface area contributed by atoms with Crippen LogP contribution in [0.1, 0.15) is 31.3 Å². The van der Waals surface area contributed by atoms with Crippen LogP contribution >= 0.6 is 0 Å². The molecule has 10 heteroatoms. The number of anilines is 1. The Morgan fingerprint density at radius 3 is 2.24 bits per heavy atom. The van der Waals surface area contributed by atoms with E-state index in [1.54, 1.807) is 52.3 Å². The van der Waals surface area contributed by atoms with Gasteiger partial charge in [-0.15, -0.1) is 0 Å². The van der Waals surface area contributed by atoms with Crippen molar-refractivity contribution in [3.63, 3.8) is 0 Å². The van der Waals surface area contributed by atoms with Crippen LogP contribution in [0.25, 0.3) is 10.9 Å². The van der Waals surface area contributed by atoms with E-state index in [0.29, 0.717) is 43.1 Å². The van der Waals surface area contributed by atoms with Gasteiger partial charge >= 0.3 is 6.09 Å². The van der Waals surface area contributed by atoms with Gasteiger partial charge in [-0.25, -0.2) is 13.2 Å². The number of aromatic nitrogens is 1. The first-order chi connectivity index (χ1) is 16.0. The predicted molar refractivity (Wildman–Crippen MR) is 129 cm³/mol. The number of aromatic amines is 1. The molecule has 4 rings (SSSR count). The van der Waals surface area contributed by atoms with Gasteiger partial charge in [0.1, 0.15) is 11.3 Å². The molecule has 0 aliphatic carbocycles. The topological polar surface area (TPSA) is 112 Å². The zero-order valence-electron chi connectivity index (χ0n) is 19.4. The van der Waals surface area contributed by atoms with Crippen LogP contribution in [0.15, 0.2) is 59.5 Å². The highest BCUT2D eigenvalue weighted by atomic mass is 32.2. The standard InChI is InChI=1S/C24H28N4O5S/c1-24(2,3)33-23(30)28-13-11-27(12-14-28)22(29)21-15-17-9-10-18(16-20(17)25-21)26-34(31,32)19-7-5-4-6-8-19/h4-10,15-16,25-26H,11-14H2,1-3H3. The first-order valence-electron chi connectivity index (χ1n) is 11.0. The lowest BCUT2D eigenvalue weighted by atomic mass is 10.2. The molecule has 2 N–H and O–H groups in total. The van der Waals surface area contributed by atoms with Crippen molar-refractivity contribution >= 4 is 38.6 Å². The number of nitrogens with one attached hydrogen (secondary N) is 2. The number of rotatable bonds is 4. The van der Waals surface area contributed by atoms with Crippen LogP contribution in [0.5, 0.6) is 0 Å². The summed E-state index contributed by atoms with van der Waals surface area (Å²) in [4.78, 5) is 31.8. The highest BCUT2D eigenvalue weighted by Crippen LogP contribution is 2.23. The van der Waals surface area contributed by atoms with Crippen molar-refractivity contribution in [1.82, 2.24) is 14.8 Å². The second-order valence-corrected chi connectivity index (χ2v) is 10.8. The van der Waals surface area contributed by atoms with E-state index in [9.17, 15) is 18.0 Å². The minimum atomic E-state index is -3.71. The van der Waals surface area contributed by atoms with Gasteiger partial charge in [0.05, 0.1) is 10.6 Å². The normalized spacial score (nSPS) is 14.8. The molecule has 2 aromatic carbocycles. The lowest BCUT2D eigenvalue weighted by Gasteiger charge is -2.35. The first kappa shape index (κ1) is 23.6. The Labute approximate surface area is 198 Å². The number of hydrogen-bond acceptors (Lipinski definition) is 5. The summed E-state index contributed by atoms with van der Waals surface area (Å²) in [7, 11) is -3.71. The second kappa shape index (κ2) is 9.02. The zero-order chi connectivity index (χ0) is 24.5. The third-order valence-electron chi connectivity index (χ3n) is 5.38. The van der Waals surface area contributed by atoms with Crippen LogP contribution in [0.2, 0.25) is 0 Å². The predicted octanol–water partition coefficient (Wildman–Crippen LogP) is 3.66. The first-order valence-corrected chi connectivity index (χ1v) is 12.5. The number of sulfonamides is 1. The van der Waals surface area contributed by atoms with Gasteiger partial charge in [-0.1, -0.05) is 24.3 Å². The lowest BCUT2D eigenvalue weighted by molar-refractivity contribution is 0.0140. The molecule has 1 fully saturated rings. The van der Waals surface area contributed by atoms with Crippen LogP contribution in [-0.2, 0) is 14.8 Å². The molecule has 3 aromatic rings. The summed E-state index contributed by atoms with van der Waals surface area (Å²) < 4.78 is 33.1.